The number of benzene rings is 1. The van der Waals surface area contributed by atoms with Crippen LogP contribution < -0.4 is 10.6 Å². The number of non-ortho nitro benzene ring substituents is 1. The van der Waals surface area contributed by atoms with E-state index in [1.165, 1.54) is 12.1 Å². The van der Waals surface area contributed by atoms with Gasteiger partial charge in [0.25, 0.3) is 5.69 Å². The minimum Gasteiger partial charge on any atom is -0.397 e. The lowest BCUT2D eigenvalue weighted by Crippen LogP contribution is -2.42. The second-order valence-electron chi connectivity index (χ2n) is 4.98. The van der Waals surface area contributed by atoms with Crippen LogP contribution in [0.25, 0.3) is 0 Å². The van der Waals surface area contributed by atoms with Crippen LogP contribution in [-0.2, 0) is 0 Å². The largest absolute Gasteiger partial charge is 0.397 e. The van der Waals surface area contributed by atoms with Crippen molar-refractivity contribution >= 4 is 17.1 Å². The third-order valence-corrected chi connectivity index (χ3v) is 3.40. The number of hydrogen-bond acceptors (Lipinski definition) is 5. The molecule has 0 radical (unpaired) electrons. The highest BCUT2D eigenvalue weighted by molar-refractivity contribution is 5.70. The summed E-state index contributed by atoms with van der Waals surface area (Å²) in [5, 5.41) is 20.5. The number of aliphatic hydroxyl groups is 1. The molecule has 1 aliphatic heterocycles. The predicted octanol–water partition coefficient (Wildman–Crippen LogP) is 1.53. The molecule has 6 nitrogen and oxygen atoms in total. The van der Waals surface area contributed by atoms with Gasteiger partial charge in [-0.2, -0.15) is 0 Å². The fraction of sp³-hybridized carbons (Fsp3) is 0.500. The van der Waals surface area contributed by atoms with Crippen LogP contribution in [0.1, 0.15) is 19.8 Å². The summed E-state index contributed by atoms with van der Waals surface area (Å²) >= 11 is 0. The molecule has 0 atom stereocenters. The zero-order valence-electron chi connectivity index (χ0n) is 10.3. The van der Waals surface area contributed by atoms with Gasteiger partial charge in [0, 0.05) is 25.2 Å². The van der Waals surface area contributed by atoms with Crippen molar-refractivity contribution < 1.29 is 10.0 Å². The van der Waals surface area contributed by atoms with E-state index in [4.69, 9.17) is 5.73 Å². The first-order chi connectivity index (χ1) is 8.39. The molecule has 0 aromatic heterocycles. The van der Waals surface area contributed by atoms with Gasteiger partial charge in [-0.25, -0.2) is 0 Å². The minimum absolute atomic E-state index is 0.000237. The van der Waals surface area contributed by atoms with Crippen molar-refractivity contribution in [1.82, 2.24) is 0 Å². The highest BCUT2D eigenvalue weighted by Crippen LogP contribution is 2.31. The van der Waals surface area contributed by atoms with Crippen LogP contribution in [0.5, 0.6) is 0 Å². The molecule has 3 N–H and O–H groups in total. The number of hydrogen-bond donors (Lipinski definition) is 2. The Morgan fingerprint density at radius 3 is 2.56 bits per heavy atom. The fourth-order valence-electron chi connectivity index (χ4n) is 2.17. The van der Waals surface area contributed by atoms with Gasteiger partial charge in [0.1, 0.15) is 0 Å². The van der Waals surface area contributed by atoms with Crippen LogP contribution in [0.3, 0.4) is 0 Å². The highest BCUT2D eigenvalue weighted by Gasteiger charge is 2.28. The number of nitro groups is 1. The summed E-state index contributed by atoms with van der Waals surface area (Å²) in [6, 6.07) is 4.51. The molecule has 0 bridgehead atoms. The molecule has 1 heterocycles. The van der Waals surface area contributed by atoms with Gasteiger partial charge in [0.2, 0.25) is 0 Å². The van der Waals surface area contributed by atoms with Crippen molar-refractivity contribution in [2.75, 3.05) is 23.7 Å². The van der Waals surface area contributed by atoms with Crippen LogP contribution in [0, 0.1) is 10.1 Å². The first-order valence-electron chi connectivity index (χ1n) is 5.90. The first-order valence-corrected chi connectivity index (χ1v) is 5.90. The lowest BCUT2D eigenvalue weighted by atomic mass is 9.93. The second-order valence-corrected chi connectivity index (χ2v) is 4.98. The van der Waals surface area contributed by atoms with E-state index in [9.17, 15) is 15.2 Å². The van der Waals surface area contributed by atoms with Gasteiger partial charge in [0.05, 0.1) is 21.9 Å². The molecule has 1 saturated heterocycles. The Morgan fingerprint density at radius 2 is 2.06 bits per heavy atom. The molecule has 6 heteroatoms. The maximum Gasteiger partial charge on any atom is 0.271 e. The molecule has 0 unspecified atom stereocenters. The van der Waals surface area contributed by atoms with Gasteiger partial charge >= 0.3 is 0 Å². The Bertz CT molecular complexity index is 464. The Labute approximate surface area is 105 Å². The molecule has 0 saturated carbocycles. The average Bonchev–Trinajstić information content (AvgIpc) is 2.29. The number of rotatable bonds is 2. The smallest absolute Gasteiger partial charge is 0.271 e. The maximum absolute atomic E-state index is 10.6. The van der Waals surface area contributed by atoms with Gasteiger partial charge < -0.3 is 15.7 Å². The lowest BCUT2D eigenvalue weighted by molar-refractivity contribution is -0.384. The van der Waals surface area contributed by atoms with E-state index in [1.54, 1.807) is 6.07 Å². The molecule has 1 aliphatic rings. The van der Waals surface area contributed by atoms with Crippen molar-refractivity contribution in [3.63, 3.8) is 0 Å². The first kappa shape index (κ1) is 12.6. The maximum atomic E-state index is 10.6. The van der Waals surface area contributed by atoms with Gasteiger partial charge in [-0.15, -0.1) is 0 Å². The fourth-order valence-corrected chi connectivity index (χ4v) is 2.17. The number of anilines is 2. The third kappa shape index (κ3) is 2.53. The summed E-state index contributed by atoms with van der Waals surface area (Å²) in [6.45, 7) is 3.23. The summed E-state index contributed by atoms with van der Waals surface area (Å²) in [7, 11) is 0. The van der Waals surface area contributed by atoms with Crippen molar-refractivity contribution in [2.24, 2.45) is 0 Å². The van der Waals surface area contributed by atoms with Gasteiger partial charge in [-0.1, -0.05) is 0 Å². The Balaban J connectivity index is 2.17. The molecule has 18 heavy (non-hydrogen) atoms. The topological polar surface area (TPSA) is 92.6 Å². The summed E-state index contributed by atoms with van der Waals surface area (Å²) in [4.78, 5) is 12.2. The second kappa shape index (κ2) is 4.45. The normalized spacial score (nSPS) is 18.7. The number of nitrogens with zero attached hydrogens (tertiary/aromatic N) is 2. The van der Waals surface area contributed by atoms with Crippen LogP contribution in [-0.4, -0.2) is 28.7 Å². The van der Waals surface area contributed by atoms with E-state index in [0.29, 0.717) is 31.6 Å². The van der Waals surface area contributed by atoms with Gasteiger partial charge in [-0.05, 0) is 25.8 Å². The number of nitrogens with two attached hydrogens (primary N) is 1. The van der Waals surface area contributed by atoms with Crippen molar-refractivity contribution in [3.8, 4) is 0 Å². The molecule has 1 aromatic rings. The molecule has 1 aromatic carbocycles. The molecular formula is C12H17N3O3. The molecule has 2 rings (SSSR count). The molecule has 98 valence electrons. The zero-order chi connectivity index (χ0) is 13.3. The van der Waals surface area contributed by atoms with Crippen LogP contribution in [0.2, 0.25) is 0 Å². The zero-order valence-corrected chi connectivity index (χ0v) is 10.3. The van der Waals surface area contributed by atoms with E-state index in [2.05, 4.69) is 4.90 Å². The van der Waals surface area contributed by atoms with Gasteiger partial charge in [-0.3, -0.25) is 10.1 Å². The van der Waals surface area contributed by atoms with E-state index in [-0.39, 0.29) is 5.69 Å². The van der Waals surface area contributed by atoms with Crippen molar-refractivity contribution in [2.45, 2.75) is 25.4 Å². The summed E-state index contributed by atoms with van der Waals surface area (Å²) < 4.78 is 0. The van der Waals surface area contributed by atoms with E-state index in [1.807, 2.05) is 6.92 Å². The molecule has 0 spiro atoms. The lowest BCUT2D eigenvalue weighted by Gasteiger charge is -2.37. The summed E-state index contributed by atoms with van der Waals surface area (Å²) in [6.07, 6.45) is 1.34. The minimum atomic E-state index is -0.619. The van der Waals surface area contributed by atoms with E-state index in [0.717, 1.165) is 5.69 Å². The number of nitro benzene ring substituents is 1. The van der Waals surface area contributed by atoms with Crippen LogP contribution >= 0.6 is 0 Å². The molecule has 0 amide bonds. The van der Waals surface area contributed by atoms with E-state index >= 15 is 0 Å². The van der Waals surface area contributed by atoms with Crippen LogP contribution in [0.4, 0.5) is 17.1 Å². The van der Waals surface area contributed by atoms with E-state index < -0.39 is 10.5 Å². The molecule has 1 fully saturated rings. The molecular weight excluding hydrogens is 234 g/mol. The average molecular weight is 251 g/mol. The predicted molar refractivity (Wildman–Crippen MR) is 69.6 cm³/mol. The standard InChI is InChI=1S/C12H17N3O3/c1-12(16)4-6-14(7-5-12)11-3-2-9(15(17)18)8-10(11)13/h2-3,8,16H,4-7,13H2,1H3. The van der Waals surface area contributed by atoms with Gasteiger partial charge in [0.15, 0.2) is 0 Å². The molecule has 0 aliphatic carbocycles. The number of nitrogen functional groups attached to an aromatic ring is 1. The Hall–Kier alpha value is -1.82. The number of piperidine rings is 1. The van der Waals surface area contributed by atoms with Crippen LogP contribution in [0.15, 0.2) is 18.2 Å². The Morgan fingerprint density at radius 1 is 1.44 bits per heavy atom. The van der Waals surface area contributed by atoms with Crippen molar-refractivity contribution in [1.29, 1.82) is 0 Å². The third-order valence-electron chi connectivity index (χ3n) is 3.40. The Kier molecular flexibility index (Phi) is 3.13. The quantitative estimate of drug-likeness (QED) is 0.472. The highest BCUT2D eigenvalue weighted by atomic mass is 16.6. The van der Waals surface area contributed by atoms with Crippen molar-refractivity contribution in [3.05, 3.63) is 28.3 Å². The summed E-state index contributed by atoms with van der Waals surface area (Å²) in [5.74, 6) is 0. The summed E-state index contributed by atoms with van der Waals surface area (Å²) in [5.41, 5.74) is 6.44. The monoisotopic (exact) mass is 251 g/mol. The SMILES string of the molecule is CC1(O)CCN(c2ccc([N+](=O)[O-])cc2N)CC1.